The number of nitrogens with two attached hydrogens (primary N) is 1. The quantitative estimate of drug-likeness (QED) is 0.820. The fourth-order valence-corrected chi connectivity index (χ4v) is 4.37. The fourth-order valence-electron chi connectivity index (χ4n) is 4.37. The minimum Gasteiger partial charge on any atom is -0.343 e. The number of nitrogens with one attached hydrogen (secondary N) is 1. The number of piperidine rings is 1. The summed E-state index contributed by atoms with van der Waals surface area (Å²) in [6, 6.07) is 0.265. The third kappa shape index (κ3) is 3.17. The van der Waals surface area contributed by atoms with Gasteiger partial charge in [0.05, 0.1) is 0 Å². The van der Waals surface area contributed by atoms with Crippen LogP contribution in [0, 0.1) is 17.8 Å². The first kappa shape index (κ1) is 14.3. The van der Waals surface area contributed by atoms with Crippen LogP contribution >= 0.6 is 0 Å². The van der Waals surface area contributed by atoms with E-state index in [2.05, 4.69) is 10.2 Å². The van der Waals surface area contributed by atoms with Gasteiger partial charge in [0.25, 0.3) is 0 Å². The van der Waals surface area contributed by atoms with Gasteiger partial charge in [0.15, 0.2) is 0 Å². The Labute approximate surface area is 122 Å². The lowest BCUT2D eigenvalue weighted by atomic mass is 9.83. The van der Waals surface area contributed by atoms with Crippen LogP contribution in [0.2, 0.25) is 0 Å². The van der Waals surface area contributed by atoms with Gasteiger partial charge in [-0.2, -0.15) is 0 Å². The number of carbonyl (C=O) groups excluding carboxylic acids is 1. The highest BCUT2D eigenvalue weighted by molar-refractivity contribution is 5.76. The summed E-state index contributed by atoms with van der Waals surface area (Å²) >= 11 is 0. The van der Waals surface area contributed by atoms with E-state index in [0.717, 1.165) is 37.8 Å². The van der Waals surface area contributed by atoms with Gasteiger partial charge in [0, 0.05) is 25.6 Å². The molecule has 3 atom stereocenters. The molecule has 1 amide bonds. The first-order chi connectivity index (χ1) is 9.74. The number of likely N-dealkylation sites (tertiary alicyclic amines) is 1. The van der Waals surface area contributed by atoms with Crippen molar-refractivity contribution >= 4 is 5.91 Å². The minimum atomic E-state index is 0.265. The molecule has 3 fully saturated rings. The van der Waals surface area contributed by atoms with Crippen LogP contribution in [-0.4, -0.2) is 43.0 Å². The van der Waals surface area contributed by atoms with Crippen molar-refractivity contribution in [3.63, 3.8) is 0 Å². The van der Waals surface area contributed by atoms with Crippen molar-refractivity contribution in [3.05, 3.63) is 0 Å². The highest BCUT2D eigenvalue weighted by atomic mass is 16.2. The summed E-state index contributed by atoms with van der Waals surface area (Å²) in [6.07, 6.45) is 7.89. The van der Waals surface area contributed by atoms with Gasteiger partial charge in [-0.1, -0.05) is 6.42 Å². The van der Waals surface area contributed by atoms with Gasteiger partial charge in [-0.05, 0) is 62.9 Å². The normalized spacial score (nSPS) is 35.6. The lowest BCUT2D eigenvalue weighted by molar-refractivity contribution is -0.133. The van der Waals surface area contributed by atoms with Gasteiger partial charge >= 0.3 is 0 Å². The third-order valence-electron chi connectivity index (χ3n) is 5.81. The molecular weight excluding hydrogens is 250 g/mol. The second-order valence-electron chi connectivity index (χ2n) is 7.03. The Hall–Kier alpha value is -0.610. The van der Waals surface area contributed by atoms with Crippen molar-refractivity contribution in [2.75, 3.05) is 26.2 Å². The molecule has 0 aromatic carbocycles. The van der Waals surface area contributed by atoms with E-state index >= 15 is 0 Å². The fraction of sp³-hybridized carbons (Fsp3) is 0.938. The van der Waals surface area contributed by atoms with E-state index in [4.69, 9.17) is 5.73 Å². The standard InChI is InChI=1S/C16H29N3O/c17-15-3-1-2-13(15)10-16(20)19-8-5-12(6-9-19)14-4-7-18-11-14/h12-15,18H,1-11,17H2/t13-,14?,15+/m0/s1. The zero-order valence-corrected chi connectivity index (χ0v) is 12.5. The lowest BCUT2D eigenvalue weighted by Gasteiger charge is -2.35. The third-order valence-corrected chi connectivity index (χ3v) is 5.81. The molecule has 0 radical (unpaired) electrons. The molecule has 0 aromatic heterocycles. The molecule has 3 rings (SSSR count). The minimum absolute atomic E-state index is 0.265. The van der Waals surface area contributed by atoms with E-state index in [9.17, 15) is 4.79 Å². The van der Waals surface area contributed by atoms with E-state index in [0.29, 0.717) is 18.2 Å². The van der Waals surface area contributed by atoms with Crippen molar-refractivity contribution in [2.45, 2.75) is 51.0 Å². The van der Waals surface area contributed by atoms with E-state index < -0.39 is 0 Å². The molecule has 0 aromatic rings. The second kappa shape index (κ2) is 6.44. The van der Waals surface area contributed by atoms with E-state index in [1.165, 1.54) is 38.8 Å². The van der Waals surface area contributed by atoms with Gasteiger partial charge in [-0.25, -0.2) is 0 Å². The van der Waals surface area contributed by atoms with Gasteiger partial charge in [0.2, 0.25) is 5.91 Å². The number of nitrogens with zero attached hydrogens (tertiary/aromatic N) is 1. The molecule has 20 heavy (non-hydrogen) atoms. The Morgan fingerprint density at radius 1 is 1.10 bits per heavy atom. The average Bonchev–Trinajstić information content (AvgIpc) is 3.12. The molecule has 0 spiro atoms. The first-order valence-electron chi connectivity index (χ1n) is 8.48. The van der Waals surface area contributed by atoms with Gasteiger partial charge in [0.1, 0.15) is 0 Å². The van der Waals surface area contributed by atoms with Crippen LogP contribution < -0.4 is 11.1 Å². The second-order valence-corrected chi connectivity index (χ2v) is 7.03. The predicted molar refractivity (Wildman–Crippen MR) is 80.2 cm³/mol. The first-order valence-corrected chi connectivity index (χ1v) is 8.48. The van der Waals surface area contributed by atoms with Crippen LogP contribution in [0.3, 0.4) is 0 Å². The molecule has 4 nitrogen and oxygen atoms in total. The van der Waals surface area contributed by atoms with Crippen molar-refractivity contribution in [3.8, 4) is 0 Å². The summed E-state index contributed by atoms with van der Waals surface area (Å²) in [4.78, 5) is 14.5. The maximum atomic E-state index is 12.4. The van der Waals surface area contributed by atoms with Crippen LogP contribution in [0.4, 0.5) is 0 Å². The van der Waals surface area contributed by atoms with E-state index in [-0.39, 0.29) is 6.04 Å². The SMILES string of the molecule is N[C@@H]1CCC[C@H]1CC(=O)N1CCC(C2CCNC2)CC1. The average molecular weight is 279 g/mol. The Balaban J connectivity index is 1.44. The number of hydrogen-bond donors (Lipinski definition) is 2. The maximum absolute atomic E-state index is 12.4. The van der Waals surface area contributed by atoms with Crippen molar-refractivity contribution < 1.29 is 4.79 Å². The van der Waals surface area contributed by atoms with Crippen molar-refractivity contribution in [1.29, 1.82) is 0 Å². The van der Waals surface area contributed by atoms with Gasteiger partial charge < -0.3 is 16.0 Å². The largest absolute Gasteiger partial charge is 0.343 e. The number of amides is 1. The molecule has 3 N–H and O–H groups in total. The molecule has 2 aliphatic heterocycles. The molecule has 4 heteroatoms. The Morgan fingerprint density at radius 2 is 1.90 bits per heavy atom. The lowest BCUT2D eigenvalue weighted by Crippen LogP contribution is -2.42. The summed E-state index contributed by atoms with van der Waals surface area (Å²) < 4.78 is 0. The van der Waals surface area contributed by atoms with Crippen LogP contribution in [0.5, 0.6) is 0 Å². The number of hydrogen-bond acceptors (Lipinski definition) is 3. The Bertz CT molecular complexity index is 333. The van der Waals surface area contributed by atoms with Crippen LogP contribution in [-0.2, 0) is 4.79 Å². The molecule has 1 unspecified atom stereocenters. The summed E-state index contributed by atoms with van der Waals surface area (Å²) in [5.41, 5.74) is 6.08. The monoisotopic (exact) mass is 279 g/mol. The molecule has 2 saturated heterocycles. The highest BCUT2D eigenvalue weighted by Crippen LogP contribution is 2.31. The van der Waals surface area contributed by atoms with Crippen LogP contribution in [0.25, 0.3) is 0 Å². The highest BCUT2D eigenvalue weighted by Gasteiger charge is 2.32. The van der Waals surface area contributed by atoms with Gasteiger partial charge in [-0.15, -0.1) is 0 Å². The molecular formula is C16H29N3O. The predicted octanol–water partition coefficient (Wildman–Crippen LogP) is 1.35. The number of rotatable bonds is 3. The van der Waals surface area contributed by atoms with E-state index in [1.54, 1.807) is 0 Å². The zero-order chi connectivity index (χ0) is 13.9. The molecule has 0 bridgehead atoms. The van der Waals surface area contributed by atoms with Crippen LogP contribution in [0.15, 0.2) is 0 Å². The number of carbonyl (C=O) groups is 1. The summed E-state index contributed by atoms with van der Waals surface area (Å²) in [7, 11) is 0. The summed E-state index contributed by atoms with van der Waals surface area (Å²) in [6.45, 7) is 4.32. The Kier molecular flexibility index (Phi) is 4.61. The van der Waals surface area contributed by atoms with E-state index in [1.807, 2.05) is 0 Å². The van der Waals surface area contributed by atoms with Gasteiger partial charge in [-0.3, -0.25) is 4.79 Å². The molecule has 114 valence electrons. The zero-order valence-electron chi connectivity index (χ0n) is 12.5. The smallest absolute Gasteiger partial charge is 0.222 e. The maximum Gasteiger partial charge on any atom is 0.222 e. The van der Waals surface area contributed by atoms with Crippen molar-refractivity contribution in [1.82, 2.24) is 10.2 Å². The van der Waals surface area contributed by atoms with Crippen LogP contribution in [0.1, 0.15) is 44.9 Å². The topological polar surface area (TPSA) is 58.4 Å². The molecule has 1 aliphatic carbocycles. The summed E-state index contributed by atoms with van der Waals surface area (Å²) in [5.74, 6) is 2.49. The molecule has 3 aliphatic rings. The molecule has 2 heterocycles. The van der Waals surface area contributed by atoms with Crippen molar-refractivity contribution in [2.24, 2.45) is 23.5 Å². The Morgan fingerprint density at radius 3 is 2.50 bits per heavy atom. The molecule has 1 saturated carbocycles. The summed E-state index contributed by atoms with van der Waals surface area (Å²) in [5, 5.41) is 3.46.